The molecule has 20 heavy (non-hydrogen) atoms. The Hall–Kier alpha value is -0.730. The van der Waals surface area contributed by atoms with Crippen LogP contribution in [0, 0.1) is 0 Å². The zero-order chi connectivity index (χ0) is 16.4. The van der Waals surface area contributed by atoms with E-state index in [0.29, 0.717) is 13.0 Å². The van der Waals surface area contributed by atoms with Crippen LogP contribution in [0.1, 0.15) is 52.4 Å². The zero-order valence-electron chi connectivity index (χ0n) is 13.1. The van der Waals surface area contributed by atoms with Crippen LogP contribution >= 0.6 is 0 Å². The Labute approximate surface area is 123 Å². The number of aliphatic carboxylic acids is 1. The topological polar surface area (TPSA) is 167 Å². The van der Waals surface area contributed by atoms with Crippen molar-refractivity contribution in [2.24, 2.45) is 28.7 Å². The second-order valence-electron chi connectivity index (χ2n) is 4.44. The monoisotopic (exact) mass is 293 g/mol. The Kier molecular flexibility index (Phi) is 25.0. The fraction of sp³-hybridized carbons (Fsp3) is 0.923. The molecule has 0 aliphatic rings. The minimum atomic E-state index is -0.933. The Morgan fingerprint density at radius 3 is 1.65 bits per heavy atom. The van der Waals surface area contributed by atoms with Gasteiger partial charge in [0, 0.05) is 0 Å². The van der Waals surface area contributed by atoms with E-state index in [1.54, 1.807) is 0 Å². The summed E-state index contributed by atoms with van der Waals surface area (Å²) in [6.07, 6.45) is 5.29. The van der Waals surface area contributed by atoms with E-state index in [1.165, 1.54) is 12.8 Å². The highest BCUT2D eigenvalue weighted by atomic mass is 16.4. The van der Waals surface area contributed by atoms with Gasteiger partial charge in [-0.2, -0.15) is 0 Å². The zero-order valence-corrected chi connectivity index (χ0v) is 13.1. The van der Waals surface area contributed by atoms with E-state index in [0.717, 1.165) is 25.8 Å². The summed E-state index contributed by atoms with van der Waals surface area (Å²) in [6.45, 7) is 5.53. The van der Waals surface area contributed by atoms with Gasteiger partial charge >= 0.3 is 5.97 Å². The molecule has 0 rings (SSSR count). The molecule has 0 aromatic rings. The summed E-state index contributed by atoms with van der Waals surface area (Å²) in [4.78, 5) is 10.1. The molecule has 0 spiro atoms. The van der Waals surface area contributed by atoms with Gasteiger partial charge in [0.15, 0.2) is 0 Å². The number of nitrogens with two attached hydrogens (primary N) is 5. The van der Waals surface area contributed by atoms with Crippen molar-refractivity contribution >= 4 is 5.97 Å². The van der Waals surface area contributed by atoms with Crippen molar-refractivity contribution in [3.63, 3.8) is 0 Å². The summed E-state index contributed by atoms with van der Waals surface area (Å²) in [5, 5.41) is 8.33. The lowest BCUT2D eigenvalue weighted by Crippen LogP contribution is -2.29. The number of hydrogen-bond acceptors (Lipinski definition) is 6. The van der Waals surface area contributed by atoms with Crippen molar-refractivity contribution in [3.8, 4) is 0 Å². The summed E-state index contributed by atoms with van der Waals surface area (Å²) < 4.78 is 0. The second kappa shape index (κ2) is 20.6. The van der Waals surface area contributed by atoms with Gasteiger partial charge in [0.1, 0.15) is 6.04 Å². The standard InChI is InChI=1S/C6H14N2O2.C4H11N.C3H10N2/c7-4-2-1-3-5(8)6(9)10;1-2-3-4-5;1-2-3(4)5/h5H,1-4,7-8H2,(H,9,10);2-5H2,1H3;3H,2,4-5H2,1H3/t5-;;/m0../s1. The summed E-state index contributed by atoms with van der Waals surface area (Å²) in [7, 11) is 0. The molecular formula is C13H35N5O2. The molecule has 0 unspecified atom stereocenters. The highest BCUT2D eigenvalue weighted by Crippen LogP contribution is 1.96. The van der Waals surface area contributed by atoms with Gasteiger partial charge in [-0.25, -0.2) is 0 Å². The van der Waals surface area contributed by atoms with Gasteiger partial charge < -0.3 is 33.8 Å². The van der Waals surface area contributed by atoms with Crippen LogP contribution in [-0.2, 0) is 4.79 Å². The van der Waals surface area contributed by atoms with Crippen LogP contribution in [0.25, 0.3) is 0 Å². The number of carboxylic acid groups (broad SMARTS) is 1. The maximum atomic E-state index is 10.1. The number of carbonyl (C=O) groups is 1. The molecule has 0 amide bonds. The normalized spacial score (nSPS) is 11.0. The van der Waals surface area contributed by atoms with Gasteiger partial charge in [0.05, 0.1) is 6.17 Å². The van der Waals surface area contributed by atoms with Gasteiger partial charge in [-0.05, 0) is 38.8 Å². The van der Waals surface area contributed by atoms with Crippen molar-refractivity contribution in [1.82, 2.24) is 0 Å². The van der Waals surface area contributed by atoms with Gasteiger partial charge in [-0.15, -0.1) is 0 Å². The lowest BCUT2D eigenvalue weighted by Gasteiger charge is -2.03. The highest BCUT2D eigenvalue weighted by molar-refractivity contribution is 5.72. The SMILES string of the molecule is CCC(N)N.CCCCN.NCCCC[C@H](N)C(=O)O. The van der Waals surface area contributed by atoms with Gasteiger partial charge in [0.25, 0.3) is 0 Å². The van der Waals surface area contributed by atoms with Crippen molar-refractivity contribution in [2.75, 3.05) is 13.1 Å². The van der Waals surface area contributed by atoms with Crippen LogP contribution in [0.5, 0.6) is 0 Å². The second-order valence-corrected chi connectivity index (χ2v) is 4.44. The third kappa shape index (κ3) is 30.4. The highest BCUT2D eigenvalue weighted by Gasteiger charge is 2.09. The Morgan fingerprint density at radius 2 is 1.45 bits per heavy atom. The van der Waals surface area contributed by atoms with E-state index in [1.807, 2.05) is 6.92 Å². The molecule has 11 N–H and O–H groups in total. The molecule has 0 saturated carbocycles. The van der Waals surface area contributed by atoms with E-state index in [4.69, 9.17) is 33.8 Å². The van der Waals surface area contributed by atoms with Crippen LogP contribution in [0.2, 0.25) is 0 Å². The number of hydrogen-bond donors (Lipinski definition) is 6. The van der Waals surface area contributed by atoms with Crippen LogP contribution in [0.4, 0.5) is 0 Å². The third-order valence-electron chi connectivity index (χ3n) is 2.32. The maximum absolute atomic E-state index is 10.1. The lowest BCUT2D eigenvalue weighted by atomic mass is 10.1. The molecule has 124 valence electrons. The molecule has 0 aliphatic carbocycles. The molecule has 0 heterocycles. The number of carboxylic acids is 1. The third-order valence-corrected chi connectivity index (χ3v) is 2.32. The number of unbranched alkanes of at least 4 members (excludes halogenated alkanes) is 2. The Morgan fingerprint density at radius 1 is 1.00 bits per heavy atom. The molecule has 0 fully saturated rings. The quantitative estimate of drug-likeness (QED) is 0.268. The number of rotatable bonds is 8. The summed E-state index contributed by atoms with van der Waals surface area (Å²) in [6, 6.07) is -0.716. The molecule has 0 bridgehead atoms. The molecule has 0 aliphatic heterocycles. The van der Waals surface area contributed by atoms with Crippen LogP contribution in [-0.4, -0.2) is 36.4 Å². The molecule has 1 atom stereocenters. The summed E-state index contributed by atoms with van der Waals surface area (Å²) >= 11 is 0. The van der Waals surface area contributed by atoms with Crippen molar-refractivity contribution in [2.45, 2.75) is 64.6 Å². The Balaban J connectivity index is -0.000000244. The first-order chi connectivity index (χ1) is 9.37. The first-order valence-electron chi connectivity index (χ1n) is 7.26. The van der Waals surface area contributed by atoms with Crippen molar-refractivity contribution < 1.29 is 9.90 Å². The molecular weight excluding hydrogens is 258 g/mol. The van der Waals surface area contributed by atoms with E-state index < -0.39 is 12.0 Å². The van der Waals surface area contributed by atoms with Gasteiger partial charge in [-0.1, -0.05) is 26.7 Å². The molecule has 0 aromatic carbocycles. The smallest absolute Gasteiger partial charge is 0.320 e. The minimum Gasteiger partial charge on any atom is -0.480 e. The first-order valence-corrected chi connectivity index (χ1v) is 7.26. The van der Waals surface area contributed by atoms with Gasteiger partial charge in [0.2, 0.25) is 0 Å². The van der Waals surface area contributed by atoms with Gasteiger partial charge in [-0.3, -0.25) is 4.79 Å². The fourth-order valence-electron chi connectivity index (χ4n) is 0.836. The average Bonchev–Trinajstić information content (AvgIpc) is 2.41. The van der Waals surface area contributed by atoms with E-state index in [2.05, 4.69) is 6.92 Å². The molecule has 7 heteroatoms. The molecule has 0 saturated heterocycles. The van der Waals surface area contributed by atoms with E-state index in [-0.39, 0.29) is 6.17 Å². The Bertz CT molecular complexity index is 190. The van der Waals surface area contributed by atoms with Crippen molar-refractivity contribution in [3.05, 3.63) is 0 Å². The predicted octanol–water partition coefficient (Wildman–Crippen LogP) is -0.0876. The average molecular weight is 293 g/mol. The molecule has 0 radical (unpaired) electrons. The fourth-order valence-corrected chi connectivity index (χ4v) is 0.836. The molecule has 0 aromatic heterocycles. The van der Waals surface area contributed by atoms with Crippen LogP contribution in [0.15, 0.2) is 0 Å². The molecule has 7 nitrogen and oxygen atoms in total. The lowest BCUT2D eigenvalue weighted by molar-refractivity contribution is -0.138. The largest absolute Gasteiger partial charge is 0.480 e. The summed E-state index contributed by atoms with van der Waals surface area (Å²) in [5.41, 5.74) is 25.7. The summed E-state index contributed by atoms with van der Waals surface area (Å²) in [5.74, 6) is -0.933. The van der Waals surface area contributed by atoms with E-state index >= 15 is 0 Å². The van der Waals surface area contributed by atoms with Crippen molar-refractivity contribution in [1.29, 1.82) is 0 Å². The van der Waals surface area contributed by atoms with Crippen LogP contribution in [0.3, 0.4) is 0 Å². The maximum Gasteiger partial charge on any atom is 0.320 e. The first kappa shape index (κ1) is 24.3. The van der Waals surface area contributed by atoms with Crippen LogP contribution < -0.4 is 28.7 Å². The predicted molar refractivity (Wildman–Crippen MR) is 84.9 cm³/mol. The minimum absolute atomic E-state index is 0.116. The van der Waals surface area contributed by atoms with E-state index in [9.17, 15) is 4.79 Å².